The molecule has 0 bridgehead atoms. The molecule has 1 aromatic rings. The number of nitrogens with one attached hydrogen (secondary N) is 1. The van der Waals surface area contributed by atoms with Crippen molar-refractivity contribution >= 4 is 0 Å². The summed E-state index contributed by atoms with van der Waals surface area (Å²) in [6.07, 6.45) is 3.50. The van der Waals surface area contributed by atoms with Crippen LogP contribution < -0.4 is 5.32 Å². The first kappa shape index (κ1) is 10.3. The summed E-state index contributed by atoms with van der Waals surface area (Å²) in [4.78, 5) is 0. The van der Waals surface area contributed by atoms with Crippen LogP contribution in [0.15, 0.2) is 22.8 Å². The van der Waals surface area contributed by atoms with E-state index in [2.05, 4.69) is 12.2 Å². The van der Waals surface area contributed by atoms with E-state index in [1.54, 1.807) is 6.26 Å². The summed E-state index contributed by atoms with van der Waals surface area (Å²) in [6.45, 7) is 3.09. The monoisotopic (exact) mass is 183 g/mol. The molecule has 74 valence electrons. The van der Waals surface area contributed by atoms with Gasteiger partial charge in [0.15, 0.2) is 0 Å². The molecule has 0 aliphatic rings. The zero-order chi connectivity index (χ0) is 9.52. The minimum absolute atomic E-state index is 0.240. The molecule has 1 atom stereocenters. The van der Waals surface area contributed by atoms with Crippen molar-refractivity contribution in [3.8, 4) is 0 Å². The molecule has 0 radical (unpaired) electrons. The van der Waals surface area contributed by atoms with Gasteiger partial charge < -0.3 is 14.8 Å². The van der Waals surface area contributed by atoms with Crippen molar-refractivity contribution < 1.29 is 9.52 Å². The lowest BCUT2D eigenvalue weighted by molar-refractivity contribution is 0.260. The molecule has 13 heavy (non-hydrogen) atoms. The van der Waals surface area contributed by atoms with Crippen molar-refractivity contribution in [2.45, 2.75) is 32.4 Å². The molecule has 0 aliphatic carbocycles. The molecular weight excluding hydrogens is 166 g/mol. The first-order valence-electron chi connectivity index (χ1n) is 4.73. The van der Waals surface area contributed by atoms with Gasteiger partial charge in [-0.2, -0.15) is 0 Å². The Morgan fingerprint density at radius 1 is 1.62 bits per heavy atom. The molecule has 0 saturated heterocycles. The Hall–Kier alpha value is -0.800. The van der Waals surface area contributed by atoms with Gasteiger partial charge in [0.25, 0.3) is 0 Å². The van der Waals surface area contributed by atoms with Gasteiger partial charge in [-0.3, -0.25) is 0 Å². The van der Waals surface area contributed by atoms with Crippen molar-refractivity contribution in [1.29, 1.82) is 0 Å². The summed E-state index contributed by atoms with van der Waals surface area (Å²) < 4.78 is 5.18. The normalized spacial score (nSPS) is 13.1. The molecule has 1 unspecified atom stereocenters. The van der Waals surface area contributed by atoms with E-state index in [1.165, 1.54) is 0 Å². The average molecular weight is 183 g/mol. The number of aliphatic hydroxyl groups is 1. The van der Waals surface area contributed by atoms with Crippen LogP contribution in [-0.2, 0) is 6.54 Å². The third kappa shape index (κ3) is 3.61. The second kappa shape index (κ2) is 5.78. The summed E-state index contributed by atoms with van der Waals surface area (Å²) in [5, 5.41) is 12.1. The zero-order valence-corrected chi connectivity index (χ0v) is 7.99. The molecule has 0 aliphatic heterocycles. The molecule has 1 heterocycles. The van der Waals surface area contributed by atoms with Crippen LogP contribution in [0.5, 0.6) is 0 Å². The largest absolute Gasteiger partial charge is 0.468 e. The molecule has 0 saturated carbocycles. The van der Waals surface area contributed by atoms with Gasteiger partial charge in [-0.15, -0.1) is 0 Å². The second-order valence-electron chi connectivity index (χ2n) is 3.08. The second-order valence-corrected chi connectivity index (χ2v) is 3.08. The first-order valence-corrected chi connectivity index (χ1v) is 4.73. The highest BCUT2D eigenvalue weighted by Crippen LogP contribution is 2.02. The van der Waals surface area contributed by atoms with Gasteiger partial charge in [0.1, 0.15) is 5.76 Å². The Morgan fingerprint density at radius 2 is 2.46 bits per heavy atom. The van der Waals surface area contributed by atoms with Crippen LogP contribution in [0, 0.1) is 0 Å². The Kier molecular flexibility index (Phi) is 4.57. The van der Waals surface area contributed by atoms with Crippen LogP contribution in [0.1, 0.15) is 25.5 Å². The fourth-order valence-corrected chi connectivity index (χ4v) is 1.26. The molecule has 0 amide bonds. The minimum Gasteiger partial charge on any atom is -0.468 e. The van der Waals surface area contributed by atoms with Crippen molar-refractivity contribution in [2.75, 3.05) is 6.61 Å². The van der Waals surface area contributed by atoms with E-state index < -0.39 is 0 Å². The van der Waals surface area contributed by atoms with Gasteiger partial charge in [-0.25, -0.2) is 0 Å². The minimum atomic E-state index is 0.240. The lowest BCUT2D eigenvalue weighted by atomic mass is 10.1. The predicted octanol–water partition coefficient (Wildman–Crippen LogP) is 1.53. The molecule has 0 fully saturated rings. The van der Waals surface area contributed by atoms with Crippen molar-refractivity contribution in [3.05, 3.63) is 24.2 Å². The number of rotatable bonds is 6. The fraction of sp³-hybridized carbons (Fsp3) is 0.600. The Labute approximate surface area is 78.8 Å². The quantitative estimate of drug-likeness (QED) is 0.703. The third-order valence-electron chi connectivity index (χ3n) is 2.12. The van der Waals surface area contributed by atoms with Gasteiger partial charge in [-0.1, -0.05) is 6.92 Å². The van der Waals surface area contributed by atoms with Crippen LogP contribution in [0.25, 0.3) is 0 Å². The number of hydrogen-bond donors (Lipinski definition) is 2. The fourth-order valence-electron chi connectivity index (χ4n) is 1.26. The van der Waals surface area contributed by atoms with Gasteiger partial charge in [0.05, 0.1) is 12.8 Å². The number of hydrogen-bond acceptors (Lipinski definition) is 3. The van der Waals surface area contributed by atoms with Crippen LogP contribution in [0.4, 0.5) is 0 Å². The SMILES string of the molecule is CCC(CCO)NCc1ccco1. The lowest BCUT2D eigenvalue weighted by Gasteiger charge is -2.14. The standard InChI is InChI=1S/C10H17NO2/c1-2-9(5-6-12)11-8-10-4-3-7-13-10/h3-4,7,9,11-12H,2,5-6,8H2,1H3. The highest BCUT2D eigenvalue weighted by molar-refractivity contribution is 4.97. The highest BCUT2D eigenvalue weighted by Gasteiger charge is 2.04. The summed E-state index contributed by atoms with van der Waals surface area (Å²) in [5.74, 6) is 0.941. The zero-order valence-electron chi connectivity index (χ0n) is 7.99. The van der Waals surface area contributed by atoms with Gasteiger partial charge in [-0.05, 0) is 25.0 Å². The summed E-state index contributed by atoms with van der Waals surface area (Å²) in [7, 11) is 0. The molecule has 0 spiro atoms. The van der Waals surface area contributed by atoms with Gasteiger partial charge >= 0.3 is 0 Å². The van der Waals surface area contributed by atoms with Gasteiger partial charge in [0, 0.05) is 12.6 Å². The Balaban J connectivity index is 2.23. The average Bonchev–Trinajstić information content (AvgIpc) is 2.64. The first-order chi connectivity index (χ1) is 6.36. The third-order valence-corrected chi connectivity index (χ3v) is 2.12. The number of aliphatic hydroxyl groups excluding tert-OH is 1. The summed E-state index contributed by atoms with van der Waals surface area (Å²) in [6, 6.07) is 4.21. The summed E-state index contributed by atoms with van der Waals surface area (Å²) in [5.41, 5.74) is 0. The molecule has 3 nitrogen and oxygen atoms in total. The Morgan fingerprint density at radius 3 is 3.00 bits per heavy atom. The maximum absolute atomic E-state index is 8.76. The van der Waals surface area contributed by atoms with Crippen molar-refractivity contribution in [2.24, 2.45) is 0 Å². The van der Waals surface area contributed by atoms with E-state index in [0.717, 1.165) is 25.1 Å². The maximum atomic E-state index is 8.76. The van der Waals surface area contributed by atoms with E-state index >= 15 is 0 Å². The highest BCUT2D eigenvalue weighted by atomic mass is 16.3. The van der Waals surface area contributed by atoms with E-state index in [4.69, 9.17) is 9.52 Å². The van der Waals surface area contributed by atoms with Gasteiger partial charge in [0.2, 0.25) is 0 Å². The topological polar surface area (TPSA) is 45.4 Å². The van der Waals surface area contributed by atoms with Crippen LogP contribution in [0.2, 0.25) is 0 Å². The molecule has 1 rings (SSSR count). The number of furan rings is 1. The molecule has 0 aromatic carbocycles. The van der Waals surface area contributed by atoms with E-state index in [1.807, 2.05) is 12.1 Å². The van der Waals surface area contributed by atoms with Crippen molar-refractivity contribution in [3.63, 3.8) is 0 Å². The van der Waals surface area contributed by atoms with Crippen LogP contribution >= 0.6 is 0 Å². The predicted molar refractivity (Wildman–Crippen MR) is 51.3 cm³/mol. The molecular formula is C10H17NO2. The van der Waals surface area contributed by atoms with E-state index in [-0.39, 0.29) is 6.61 Å². The van der Waals surface area contributed by atoms with Crippen LogP contribution in [-0.4, -0.2) is 17.8 Å². The Bertz CT molecular complexity index is 209. The molecule has 3 heteroatoms. The van der Waals surface area contributed by atoms with E-state index in [0.29, 0.717) is 6.04 Å². The molecule has 1 aromatic heterocycles. The van der Waals surface area contributed by atoms with E-state index in [9.17, 15) is 0 Å². The smallest absolute Gasteiger partial charge is 0.117 e. The van der Waals surface area contributed by atoms with Crippen LogP contribution in [0.3, 0.4) is 0 Å². The summed E-state index contributed by atoms with van der Waals surface area (Å²) >= 11 is 0. The molecule has 2 N–H and O–H groups in total. The maximum Gasteiger partial charge on any atom is 0.117 e. The van der Waals surface area contributed by atoms with Crippen molar-refractivity contribution in [1.82, 2.24) is 5.32 Å². The lowest BCUT2D eigenvalue weighted by Crippen LogP contribution is -2.28.